The lowest BCUT2D eigenvalue weighted by atomic mass is 10.0. The summed E-state index contributed by atoms with van der Waals surface area (Å²) < 4.78 is 0. The van der Waals surface area contributed by atoms with Gasteiger partial charge in [-0.1, -0.05) is 0 Å². The van der Waals surface area contributed by atoms with Crippen molar-refractivity contribution in [2.75, 3.05) is 19.6 Å². The van der Waals surface area contributed by atoms with Gasteiger partial charge in [-0.15, -0.1) is 0 Å². The lowest BCUT2D eigenvalue weighted by molar-refractivity contribution is -0.143. The molecule has 2 fully saturated rings. The first-order valence-corrected chi connectivity index (χ1v) is 4.38. The minimum absolute atomic E-state index is 0.346. The normalized spacial score (nSPS) is 31.8. The molecule has 0 unspecified atom stereocenters. The van der Waals surface area contributed by atoms with Gasteiger partial charge in [0.25, 0.3) is 0 Å². The van der Waals surface area contributed by atoms with E-state index in [2.05, 4.69) is 5.32 Å². The number of nitrogens with zero attached hydrogens (tertiary/aromatic N) is 1. The lowest BCUT2D eigenvalue weighted by Crippen LogP contribution is -2.55. The van der Waals surface area contributed by atoms with Crippen molar-refractivity contribution < 1.29 is 4.79 Å². The zero-order valence-corrected chi connectivity index (χ0v) is 6.68. The molecule has 3 heteroatoms. The molecule has 1 amide bonds. The molecule has 2 heterocycles. The quantitative estimate of drug-likeness (QED) is 0.538. The number of hydrogen-bond acceptors (Lipinski definition) is 2. The van der Waals surface area contributed by atoms with E-state index in [-0.39, 0.29) is 0 Å². The van der Waals surface area contributed by atoms with E-state index >= 15 is 0 Å². The minimum Gasteiger partial charge on any atom is -0.338 e. The summed E-state index contributed by atoms with van der Waals surface area (Å²) in [6, 6.07) is 0.505. The molecule has 0 radical (unpaired) electrons. The van der Waals surface area contributed by atoms with Crippen LogP contribution in [-0.2, 0) is 4.79 Å². The van der Waals surface area contributed by atoms with Crippen molar-refractivity contribution in [3.8, 4) is 0 Å². The number of likely N-dealkylation sites (tertiary alicyclic amines) is 1. The third-order valence-electron chi connectivity index (χ3n) is 2.60. The molecule has 1 N–H and O–H groups in total. The van der Waals surface area contributed by atoms with E-state index in [0.29, 0.717) is 11.9 Å². The Hall–Kier alpha value is -0.570. The van der Waals surface area contributed by atoms with Gasteiger partial charge in [-0.25, -0.2) is 0 Å². The highest BCUT2D eigenvalue weighted by Crippen LogP contribution is 2.17. The molecule has 0 spiro atoms. The zero-order valence-electron chi connectivity index (χ0n) is 6.68. The van der Waals surface area contributed by atoms with Crippen LogP contribution in [-0.4, -0.2) is 36.5 Å². The molecule has 2 rings (SSSR count). The first kappa shape index (κ1) is 7.10. The third-order valence-corrected chi connectivity index (χ3v) is 2.60. The van der Waals surface area contributed by atoms with Crippen molar-refractivity contribution >= 4 is 5.91 Å². The molecule has 62 valence electrons. The van der Waals surface area contributed by atoms with Crippen molar-refractivity contribution in [3.05, 3.63) is 0 Å². The van der Waals surface area contributed by atoms with Gasteiger partial charge in [0.1, 0.15) is 0 Å². The molecule has 2 aliphatic heterocycles. The highest BCUT2D eigenvalue weighted by molar-refractivity contribution is 5.82. The number of β-lactam (4-membered cyclic amide) rings is 1. The van der Waals surface area contributed by atoms with E-state index < -0.39 is 0 Å². The van der Waals surface area contributed by atoms with Crippen LogP contribution in [0.25, 0.3) is 0 Å². The third kappa shape index (κ3) is 1.25. The topological polar surface area (TPSA) is 32.3 Å². The molecule has 11 heavy (non-hydrogen) atoms. The first-order valence-electron chi connectivity index (χ1n) is 4.38. The summed E-state index contributed by atoms with van der Waals surface area (Å²) >= 11 is 0. The second kappa shape index (κ2) is 2.81. The van der Waals surface area contributed by atoms with E-state index in [1.165, 1.54) is 12.8 Å². The Kier molecular flexibility index (Phi) is 1.82. The van der Waals surface area contributed by atoms with Crippen LogP contribution in [0.3, 0.4) is 0 Å². The van der Waals surface area contributed by atoms with Crippen LogP contribution in [0, 0.1) is 0 Å². The summed E-state index contributed by atoms with van der Waals surface area (Å²) in [6.07, 6.45) is 3.18. The molecule has 0 aromatic heterocycles. The Balaban J connectivity index is 1.88. The summed E-state index contributed by atoms with van der Waals surface area (Å²) in [6.45, 7) is 3.12. The van der Waals surface area contributed by atoms with Crippen LogP contribution in [0.1, 0.15) is 19.3 Å². The van der Waals surface area contributed by atoms with Crippen LogP contribution in [0.15, 0.2) is 0 Å². The van der Waals surface area contributed by atoms with Crippen LogP contribution in [0.5, 0.6) is 0 Å². The number of rotatable bonds is 1. The smallest absolute Gasteiger partial charge is 0.224 e. The average molecular weight is 154 g/mol. The Morgan fingerprint density at radius 1 is 1.55 bits per heavy atom. The van der Waals surface area contributed by atoms with E-state index in [1.54, 1.807) is 0 Å². The summed E-state index contributed by atoms with van der Waals surface area (Å²) in [5.74, 6) is 0.346. The number of nitrogens with one attached hydrogen (secondary N) is 1. The van der Waals surface area contributed by atoms with Crippen LogP contribution in [0.4, 0.5) is 0 Å². The second-order valence-electron chi connectivity index (χ2n) is 3.34. The minimum atomic E-state index is 0.346. The van der Waals surface area contributed by atoms with Gasteiger partial charge in [0.05, 0.1) is 0 Å². The van der Waals surface area contributed by atoms with Crippen molar-refractivity contribution in [2.24, 2.45) is 0 Å². The van der Waals surface area contributed by atoms with Crippen LogP contribution >= 0.6 is 0 Å². The predicted octanol–water partition coefficient (Wildman–Crippen LogP) is -0.0293. The Morgan fingerprint density at radius 2 is 2.45 bits per heavy atom. The van der Waals surface area contributed by atoms with Gasteiger partial charge in [0.2, 0.25) is 5.91 Å². The van der Waals surface area contributed by atoms with Gasteiger partial charge in [0.15, 0.2) is 0 Å². The maximum absolute atomic E-state index is 11.0. The van der Waals surface area contributed by atoms with Crippen LogP contribution in [0.2, 0.25) is 0 Å². The van der Waals surface area contributed by atoms with Crippen molar-refractivity contribution in [2.45, 2.75) is 25.3 Å². The van der Waals surface area contributed by atoms with E-state index in [1.807, 2.05) is 4.90 Å². The number of hydrogen-bond donors (Lipinski definition) is 1. The zero-order chi connectivity index (χ0) is 7.68. The van der Waals surface area contributed by atoms with Gasteiger partial charge >= 0.3 is 0 Å². The summed E-state index contributed by atoms with van der Waals surface area (Å²) in [5, 5.41) is 3.31. The molecular weight excluding hydrogens is 140 g/mol. The van der Waals surface area contributed by atoms with E-state index in [4.69, 9.17) is 0 Å². The van der Waals surface area contributed by atoms with Gasteiger partial charge in [0, 0.05) is 25.6 Å². The molecule has 0 saturated carbocycles. The highest BCUT2D eigenvalue weighted by Gasteiger charge is 2.31. The Labute approximate surface area is 66.8 Å². The maximum Gasteiger partial charge on any atom is 0.224 e. The van der Waals surface area contributed by atoms with Gasteiger partial charge in [-0.05, 0) is 19.4 Å². The van der Waals surface area contributed by atoms with Gasteiger partial charge in [-0.3, -0.25) is 4.79 Å². The monoisotopic (exact) mass is 154 g/mol. The summed E-state index contributed by atoms with van der Waals surface area (Å²) in [5.41, 5.74) is 0. The predicted molar refractivity (Wildman–Crippen MR) is 42.2 cm³/mol. The molecule has 2 saturated heterocycles. The molecule has 3 nitrogen and oxygen atoms in total. The van der Waals surface area contributed by atoms with E-state index in [0.717, 1.165) is 26.1 Å². The molecule has 0 bridgehead atoms. The maximum atomic E-state index is 11.0. The average Bonchev–Trinajstić information content (AvgIpc) is 2.04. The summed E-state index contributed by atoms with van der Waals surface area (Å²) in [4.78, 5) is 13.0. The molecule has 1 atom stereocenters. The van der Waals surface area contributed by atoms with Crippen molar-refractivity contribution in [1.29, 1.82) is 0 Å². The van der Waals surface area contributed by atoms with E-state index in [9.17, 15) is 4.79 Å². The molecule has 0 aromatic carbocycles. The number of amides is 1. The van der Waals surface area contributed by atoms with Crippen LogP contribution < -0.4 is 5.32 Å². The fourth-order valence-corrected chi connectivity index (χ4v) is 1.82. The molecular formula is C8H14N2O. The van der Waals surface area contributed by atoms with Gasteiger partial charge < -0.3 is 10.2 Å². The standard InChI is InChI=1S/C8H14N2O/c11-8-3-5-10(8)7-2-1-4-9-6-7/h7,9H,1-6H2/t7-/m1/s1. The van der Waals surface area contributed by atoms with Crippen molar-refractivity contribution in [3.63, 3.8) is 0 Å². The Morgan fingerprint density at radius 3 is 2.91 bits per heavy atom. The first-order chi connectivity index (χ1) is 5.38. The highest BCUT2D eigenvalue weighted by atomic mass is 16.2. The van der Waals surface area contributed by atoms with Gasteiger partial charge in [-0.2, -0.15) is 0 Å². The fourth-order valence-electron chi connectivity index (χ4n) is 1.82. The largest absolute Gasteiger partial charge is 0.338 e. The second-order valence-corrected chi connectivity index (χ2v) is 3.34. The number of carbonyl (C=O) groups excluding carboxylic acids is 1. The SMILES string of the molecule is O=C1CCN1[C@@H]1CCCNC1. The molecule has 0 aromatic rings. The molecule has 2 aliphatic rings. The fraction of sp³-hybridized carbons (Fsp3) is 0.875. The number of carbonyl (C=O) groups is 1. The lowest BCUT2D eigenvalue weighted by Gasteiger charge is -2.40. The van der Waals surface area contributed by atoms with Crippen molar-refractivity contribution in [1.82, 2.24) is 10.2 Å². The number of piperidine rings is 1. The molecule has 0 aliphatic carbocycles. The summed E-state index contributed by atoms with van der Waals surface area (Å²) in [7, 11) is 0. The Bertz CT molecular complexity index is 163.